The molecule has 0 aromatic carbocycles. The van der Waals surface area contributed by atoms with Crippen molar-refractivity contribution in [3.8, 4) is 0 Å². The normalized spacial score (nSPS) is 13.0. The number of aromatic nitrogens is 2. The molecule has 0 bridgehead atoms. The summed E-state index contributed by atoms with van der Waals surface area (Å²) in [5.41, 5.74) is 8.53. The summed E-state index contributed by atoms with van der Waals surface area (Å²) in [6.45, 7) is 4.34. The van der Waals surface area contributed by atoms with Gasteiger partial charge < -0.3 is 5.73 Å². The highest BCUT2D eigenvalue weighted by atomic mass is 79.9. The lowest BCUT2D eigenvalue weighted by Gasteiger charge is -2.11. The number of hydrogen-bond acceptors (Lipinski definition) is 2. The van der Waals surface area contributed by atoms with E-state index in [1.165, 1.54) is 25.0 Å². The molecule has 2 N–H and O–H groups in total. The summed E-state index contributed by atoms with van der Waals surface area (Å²) in [6.07, 6.45) is 6.73. The van der Waals surface area contributed by atoms with Crippen molar-refractivity contribution in [2.75, 3.05) is 0 Å². The molecule has 0 saturated carbocycles. The van der Waals surface area contributed by atoms with Crippen LogP contribution in [0, 0.1) is 0 Å². The lowest BCUT2D eigenvalue weighted by atomic mass is 10.0. The van der Waals surface area contributed by atoms with Crippen molar-refractivity contribution in [3.63, 3.8) is 0 Å². The molecule has 98 valence electrons. The molecule has 0 fully saturated rings. The summed E-state index contributed by atoms with van der Waals surface area (Å²) in [4.78, 5) is 0. The van der Waals surface area contributed by atoms with Gasteiger partial charge in [0.25, 0.3) is 0 Å². The fourth-order valence-corrected chi connectivity index (χ4v) is 2.83. The largest absolute Gasteiger partial charge is 0.327 e. The number of halogens is 1. The highest BCUT2D eigenvalue weighted by Crippen LogP contribution is 2.23. The molecule has 0 aliphatic heterocycles. The maximum atomic E-state index is 6.17. The van der Waals surface area contributed by atoms with Crippen molar-refractivity contribution in [1.29, 1.82) is 0 Å². The van der Waals surface area contributed by atoms with Crippen LogP contribution in [0.15, 0.2) is 4.47 Å². The van der Waals surface area contributed by atoms with Gasteiger partial charge in [0.1, 0.15) is 0 Å². The van der Waals surface area contributed by atoms with Gasteiger partial charge in [0.05, 0.1) is 15.9 Å². The molecule has 0 aliphatic carbocycles. The molecule has 0 amide bonds. The van der Waals surface area contributed by atoms with Gasteiger partial charge in [0, 0.05) is 19.5 Å². The molecule has 0 aliphatic rings. The first-order valence-electron chi connectivity index (χ1n) is 6.55. The van der Waals surface area contributed by atoms with E-state index in [4.69, 9.17) is 5.73 Å². The third kappa shape index (κ3) is 4.11. The lowest BCUT2D eigenvalue weighted by molar-refractivity contribution is 0.539. The summed E-state index contributed by atoms with van der Waals surface area (Å²) in [5, 5.41) is 4.49. The predicted octanol–water partition coefficient (Wildman–Crippen LogP) is 3.20. The number of rotatable bonds is 7. The SMILES string of the molecule is CCCCCC(N)Cc1c(Br)c(CC)nn1C. The molecule has 1 aromatic heterocycles. The first-order valence-corrected chi connectivity index (χ1v) is 7.35. The zero-order valence-corrected chi connectivity index (χ0v) is 12.8. The molecular weight excluding hydrogens is 278 g/mol. The topological polar surface area (TPSA) is 43.8 Å². The van der Waals surface area contributed by atoms with E-state index < -0.39 is 0 Å². The monoisotopic (exact) mass is 301 g/mol. The second-order valence-electron chi connectivity index (χ2n) is 4.64. The van der Waals surface area contributed by atoms with Crippen molar-refractivity contribution < 1.29 is 0 Å². The minimum absolute atomic E-state index is 0.248. The third-order valence-corrected chi connectivity index (χ3v) is 4.05. The molecule has 17 heavy (non-hydrogen) atoms. The van der Waals surface area contributed by atoms with E-state index in [9.17, 15) is 0 Å². The molecule has 0 spiro atoms. The predicted molar refractivity (Wildman–Crippen MR) is 76.1 cm³/mol. The van der Waals surface area contributed by atoms with Crippen LogP contribution in [-0.2, 0) is 19.9 Å². The average molecular weight is 302 g/mol. The number of nitrogens with two attached hydrogens (primary N) is 1. The van der Waals surface area contributed by atoms with Gasteiger partial charge >= 0.3 is 0 Å². The first-order chi connectivity index (χ1) is 8.10. The number of nitrogens with zero attached hydrogens (tertiary/aromatic N) is 2. The summed E-state index contributed by atoms with van der Waals surface area (Å²) in [6, 6.07) is 0.248. The molecule has 1 aromatic rings. The highest BCUT2D eigenvalue weighted by Gasteiger charge is 2.15. The van der Waals surface area contributed by atoms with Crippen LogP contribution < -0.4 is 5.73 Å². The van der Waals surface area contributed by atoms with Crippen LogP contribution in [0.25, 0.3) is 0 Å². The van der Waals surface area contributed by atoms with E-state index in [2.05, 4.69) is 34.9 Å². The van der Waals surface area contributed by atoms with Gasteiger partial charge in [-0.05, 0) is 28.8 Å². The summed E-state index contributed by atoms with van der Waals surface area (Å²) < 4.78 is 3.11. The van der Waals surface area contributed by atoms with Gasteiger partial charge in [-0.15, -0.1) is 0 Å². The van der Waals surface area contributed by atoms with E-state index >= 15 is 0 Å². The number of unbranched alkanes of at least 4 members (excludes halogenated alkanes) is 2. The Kier molecular flexibility index (Phi) is 6.20. The number of hydrogen-bond donors (Lipinski definition) is 1. The fourth-order valence-electron chi connectivity index (χ4n) is 2.05. The second-order valence-corrected chi connectivity index (χ2v) is 5.44. The summed E-state index contributed by atoms with van der Waals surface area (Å²) >= 11 is 3.63. The zero-order valence-electron chi connectivity index (χ0n) is 11.2. The second kappa shape index (κ2) is 7.17. The van der Waals surface area contributed by atoms with E-state index in [1.807, 2.05) is 11.7 Å². The molecule has 1 unspecified atom stereocenters. The van der Waals surface area contributed by atoms with Crippen molar-refractivity contribution in [2.45, 2.75) is 58.4 Å². The Bertz CT molecular complexity index is 347. The van der Waals surface area contributed by atoms with Crippen LogP contribution in [0.4, 0.5) is 0 Å². The van der Waals surface area contributed by atoms with Gasteiger partial charge in [0.2, 0.25) is 0 Å². The van der Waals surface area contributed by atoms with Crippen LogP contribution in [0.1, 0.15) is 50.9 Å². The Morgan fingerprint density at radius 1 is 1.35 bits per heavy atom. The molecule has 1 heterocycles. The third-order valence-electron chi connectivity index (χ3n) is 3.14. The van der Waals surface area contributed by atoms with Crippen LogP contribution in [-0.4, -0.2) is 15.8 Å². The van der Waals surface area contributed by atoms with E-state index in [1.54, 1.807) is 0 Å². The Labute approximate surface area is 113 Å². The highest BCUT2D eigenvalue weighted by molar-refractivity contribution is 9.10. The zero-order chi connectivity index (χ0) is 12.8. The minimum Gasteiger partial charge on any atom is -0.327 e. The van der Waals surface area contributed by atoms with Crippen molar-refractivity contribution in [3.05, 3.63) is 15.9 Å². The van der Waals surface area contributed by atoms with E-state index in [0.717, 1.165) is 29.4 Å². The van der Waals surface area contributed by atoms with Gasteiger partial charge in [-0.25, -0.2) is 0 Å². The Morgan fingerprint density at radius 3 is 2.59 bits per heavy atom. The van der Waals surface area contributed by atoms with Crippen molar-refractivity contribution in [2.24, 2.45) is 12.8 Å². The van der Waals surface area contributed by atoms with Crippen molar-refractivity contribution in [1.82, 2.24) is 9.78 Å². The Balaban J connectivity index is 2.58. The van der Waals surface area contributed by atoms with Crippen LogP contribution in [0.2, 0.25) is 0 Å². The maximum absolute atomic E-state index is 6.17. The van der Waals surface area contributed by atoms with Gasteiger partial charge in [-0.2, -0.15) is 5.10 Å². The van der Waals surface area contributed by atoms with E-state index in [0.29, 0.717) is 0 Å². The van der Waals surface area contributed by atoms with Crippen LogP contribution in [0.5, 0.6) is 0 Å². The molecule has 1 rings (SSSR count). The van der Waals surface area contributed by atoms with Gasteiger partial charge in [-0.1, -0.05) is 33.1 Å². The fraction of sp³-hybridized carbons (Fsp3) is 0.769. The maximum Gasteiger partial charge on any atom is 0.0766 e. The van der Waals surface area contributed by atoms with Crippen molar-refractivity contribution >= 4 is 15.9 Å². The smallest absolute Gasteiger partial charge is 0.0766 e. The Morgan fingerprint density at radius 2 is 2.06 bits per heavy atom. The van der Waals surface area contributed by atoms with Crippen LogP contribution in [0.3, 0.4) is 0 Å². The molecule has 3 nitrogen and oxygen atoms in total. The van der Waals surface area contributed by atoms with E-state index in [-0.39, 0.29) is 6.04 Å². The minimum atomic E-state index is 0.248. The lowest BCUT2D eigenvalue weighted by Crippen LogP contribution is -2.24. The summed E-state index contributed by atoms with van der Waals surface area (Å²) in [7, 11) is 2.00. The Hall–Kier alpha value is -0.350. The summed E-state index contributed by atoms with van der Waals surface area (Å²) in [5.74, 6) is 0. The van der Waals surface area contributed by atoms with Gasteiger partial charge in [-0.3, -0.25) is 4.68 Å². The average Bonchev–Trinajstić information content (AvgIpc) is 2.57. The van der Waals surface area contributed by atoms with Crippen LogP contribution >= 0.6 is 15.9 Å². The molecule has 1 atom stereocenters. The first kappa shape index (κ1) is 14.7. The molecule has 0 saturated heterocycles. The molecular formula is C13H24BrN3. The quantitative estimate of drug-likeness (QED) is 0.786. The molecule has 0 radical (unpaired) electrons. The van der Waals surface area contributed by atoms with Gasteiger partial charge in [0.15, 0.2) is 0 Å². The number of aryl methyl sites for hydroxylation is 2. The standard InChI is InChI=1S/C13H24BrN3/c1-4-6-7-8-10(15)9-12-13(14)11(5-2)16-17(12)3/h10H,4-9,15H2,1-3H3. The molecule has 4 heteroatoms.